The van der Waals surface area contributed by atoms with E-state index < -0.39 is 25.4 Å². The molecule has 0 aliphatic carbocycles. The van der Waals surface area contributed by atoms with Gasteiger partial charge in [-0.15, -0.1) is 0 Å². The van der Waals surface area contributed by atoms with E-state index in [4.69, 9.17) is 23.8 Å². The summed E-state index contributed by atoms with van der Waals surface area (Å²) in [5.41, 5.74) is 0.411. The molecule has 0 saturated carbocycles. The molecule has 19 heavy (non-hydrogen) atoms. The summed E-state index contributed by atoms with van der Waals surface area (Å²) in [6, 6.07) is 5.27. The number of hydrogen-bond acceptors (Lipinski definition) is 4. The van der Waals surface area contributed by atoms with Crippen LogP contribution in [-0.2, 0) is 0 Å². The summed E-state index contributed by atoms with van der Waals surface area (Å²) in [6.07, 6.45) is 0. The molecule has 0 unspecified atom stereocenters. The lowest BCUT2D eigenvalue weighted by Crippen LogP contribution is -2.58. The van der Waals surface area contributed by atoms with Crippen molar-refractivity contribution in [3.8, 4) is 0 Å². The van der Waals surface area contributed by atoms with Crippen LogP contribution in [0.1, 0.15) is 5.56 Å². The lowest BCUT2D eigenvalue weighted by atomic mass is 10.0. The van der Waals surface area contributed by atoms with Gasteiger partial charge in [-0.2, -0.15) is 0 Å². The highest BCUT2D eigenvalue weighted by Crippen LogP contribution is 2.19. The van der Waals surface area contributed by atoms with Crippen molar-refractivity contribution in [3.63, 3.8) is 0 Å². The largest absolute Gasteiger partial charge is 0.394 e. The Hall–Kier alpha value is -0.920. The zero-order valence-corrected chi connectivity index (χ0v) is 12.1. The Morgan fingerprint density at radius 1 is 1.26 bits per heavy atom. The number of aliphatic hydroxyl groups is 3. The number of aryl methyl sites for hydroxylation is 1. The summed E-state index contributed by atoms with van der Waals surface area (Å²) in [5, 5.41) is 34.0. The summed E-state index contributed by atoms with van der Waals surface area (Å²) in [4.78, 5) is 0. The zero-order chi connectivity index (χ0) is 14.5. The Bertz CT molecular complexity index is 444. The second kappa shape index (κ2) is 7.02. The third kappa shape index (κ3) is 4.29. The summed E-state index contributed by atoms with van der Waals surface area (Å²) >= 11 is 10.9. The molecule has 0 amide bonds. The molecule has 1 rings (SSSR count). The van der Waals surface area contributed by atoms with E-state index in [2.05, 4.69) is 10.6 Å². The number of aliphatic hydroxyl groups excluding tert-OH is 3. The van der Waals surface area contributed by atoms with Crippen LogP contribution in [0.4, 0.5) is 5.69 Å². The predicted octanol–water partition coefficient (Wildman–Crippen LogP) is 0.651. The van der Waals surface area contributed by atoms with Gasteiger partial charge < -0.3 is 26.0 Å². The summed E-state index contributed by atoms with van der Waals surface area (Å²) < 4.78 is 0. The minimum absolute atomic E-state index is 0.197. The van der Waals surface area contributed by atoms with E-state index in [1.165, 1.54) is 0 Å². The SMILES string of the molecule is Cc1cc(Cl)ccc1NC(=S)NC(CO)(CO)CO. The number of anilines is 1. The molecule has 0 spiro atoms. The van der Waals surface area contributed by atoms with E-state index >= 15 is 0 Å². The standard InChI is InChI=1S/C12H17ClN2O3S/c1-8-4-9(13)2-3-10(8)14-11(19)15-12(5-16,6-17)7-18/h2-4,16-18H,5-7H2,1H3,(H2,14,15,19). The highest BCUT2D eigenvalue weighted by Gasteiger charge is 2.28. The van der Waals surface area contributed by atoms with Crippen molar-refractivity contribution in [1.82, 2.24) is 5.32 Å². The Morgan fingerprint density at radius 3 is 2.32 bits per heavy atom. The van der Waals surface area contributed by atoms with Crippen LogP contribution in [0, 0.1) is 6.92 Å². The highest BCUT2D eigenvalue weighted by atomic mass is 35.5. The van der Waals surface area contributed by atoms with Gasteiger partial charge in [-0.25, -0.2) is 0 Å². The van der Waals surface area contributed by atoms with Crippen LogP contribution in [0.25, 0.3) is 0 Å². The van der Waals surface area contributed by atoms with Gasteiger partial charge in [0.15, 0.2) is 5.11 Å². The van der Waals surface area contributed by atoms with E-state index in [1.807, 2.05) is 6.92 Å². The van der Waals surface area contributed by atoms with Crippen molar-refractivity contribution in [3.05, 3.63) is 28.8 Å². The second-order valence-electron chi connectivity index (χ2n) is 4.29. The number of nitrogens with one attached hydrogen (secondary N) is 2. The number of rotatable bonds is 5. The lowest BCUT2D eigenvalue weighted by Gasteiger charge is -2.30. The number of benzene rings is 1. The molecular weight excluding hydrogens is 288 g/mol. The van der Waals surface area contributed by atoms with Gasteiger partial charge in [0.1, 0.15) is 5.54 Å². The van der Waals surface area contributed by atoms with Crippen molar-refractivity contribution in [2.75, 3.05) is 25.1 Å². The van der Waals surface area contributed by atoms with Crippen LogP contribution in [0.15, 0.2) is 18.2 Å². The number of thiocarbonyl (C=S) groups is 1. The Labute approximate surface area is 122 Å². The first-order valence-corrected chi connectivity index (χ1v) is 6.43. The van der Waals surface area contributed by atoms with Gasteiger partial charge in [0.2, 0.25) is 0 Å². The molecule has 0 bridgehead atoms. The first-order valence-electron chi connectivity index (χ1n) is 5.64. The number of hydrogen-bond donors (Lipinski definition) is 5. The quantitative estimate of drug-likeness (QED) is 0.514. The monoisotopic (exact) mass is 304 g/mol. The minimum atomic E-state index is -1.25. The number of halogens is 1. The van der Waals surface area contributed by atoms with Gasteiger partial charge in [0.25, 0.3) is 0 Å². The predicted molar refractivity (Wildman–Crippen MR) is 79.5 cm³/mol. The fraction of sp³-hybridized carbons (Fsp3) is 0.417. The third-order valence-electron chi connectivity index (χ3n) is 2.72. The van der Waals surface area contributed by atoms with E-state index in [0.29, 0.717) is 5.02 Å². The van der Waals surface area contributed by atoms with Crippen LogP contribution in [-0.4, -0.2) is 45.8 Å². The normalized spacial score (nSPS) is 11.2. The molecule has 0 fully saturated rings. The fourth-order valence-corrected chi connectivity index (χ4v) is 1.98. The van der Waals surface area contributed by atoms with Gasteiger partial charge in [-0.1, -0.05) is 11.6 Å². The van der Waals surface area contributed by atoms with Gasteiger partial charge in [-0.3, -0.25) is 0 Å². The zero-order valence-electron chi connectivity index (χ0n) is 10.5. The van der Waals surface area contributed by atoms with Crippen LogP contribution >= 0.6 is 23.8 Å². The van der Waals surface area contributed by atoms with Crippen LogP contribution in [0.3, 0.4) is 0 Å². The first kappa shape index (κ1) is 16.1. The van der Waals surface area contributed by atoms with Gasteiger partial charge in [0, 0.05) is 10.7 Å². The van der Waals surface area contributed by atoms with Crippen molar-refractivity contribution in [2.45, 2.75) is 12.5 Å². The molecule has 0 aromatic heterocycles. The summed E-state index contributed by atoms with van der Waals surface area (Å²) in [6.45, 7) is 0.540. The lowest BCUT2D eigenvalue weighted by molar-refractivity contribution is 0.0563. The molecule has 0 heterocycles. The molecule has 0 aliphatic rings. The maximum Gasteiger partial charge on any atom is 0.171 e. The minimum Gasteiger partial charge on any atom is -0.394 e. The molecule has 5 N–H and O–H groups in total. The molecule has 0 aliphatic heterocycles. The van der Waals surface area contributed by atoms with E-state index in [1.54, 1.807) is 18.2 Å². The van der Waals surface area contributed by atoms with Gasteiger partial charge in [0.05, 0.1) is 19.8 Å². The topological polar surface area (TPSA) is 84.8 Å². The molecule has 0 atom stereocenters. The maximum atomic E-state index is 9.20. The molecular formula is C12H17ClN2O3S. The van der Waals surface area contributed by atoms with Crippen LogP contribution in [0.2, 0.25) is 5.02 Å². The molecule has 0 saturated heterocycles. The van der Waals surface area contributed by atoms with Crippen molar-refractivity contribution in [1.29, 1.82) is 0 Å². The summed E-state index contributed by atoms with van der Waals surface area (Å²) in [7, 11) is 0. The average Bonchev–Trinajstić information content (AvgIpc) is 2.39. The van der Waals surface area contributed by atoms with Crippen molar-refractivity contribution >= 4 is 34.6 Å². The van der Waals surface area contributed by atoms with Gasteiger partial charge >= 0.3 is 0 Å². The molecule has 106 valence electrons. The molecule has 1 aromatic carbocycles. The Morgan fingerprint density at radius 2 is 1.84 bits per heavy atom. The van der Waals surface area contributed by atoms with E-state index in [-0.39, 0.29) is 5.11 Å². The molecule has 0 radical (unpaired) electrons. The maximum absolute atomic E-state index is 9.20. The average molecular weight is 305 g/mol. The second-order valence-corrected chi connectivity index (χ2v) is 5.14. The van der Waals surface area contributed by atoms with Crippen molar-refractivity contribution < 1.29 is 15.3 Å². The van der Waals surface area contributed by atoms with E-state index in [0.717, 1.165) is 11.3 Å². The third-order valence-corrected chi connectivity index (χ3v) is 3.16. The fourth-order valence-electron chi connectivity index (χ4n) is 1.43. The Balaban J connectivity index is 2.74. The van der Waals surface area contributed by atoms with E-state index in [9.17, 15) is 15.3 Å². The molecule has 5 nitrogen and oxygen atoms in total. The van der Waals surface area contributed by atoms with Gasteiger partial charge in [-0.05, 0) is 42.9 Å². The smallest absolute Gasteiger partial charge is 0.171 e. The molecule has 7 heteroatoms. The highest BCUT2D eigenvalue weighted by molar-refractivity contribution is 7.80. The van der Waals surface area contributed by atoms with Crippen molar-refractivity contribution in [2.24, 2.45) is 0 Å². The Kier molecular flexibility index (Phi) is 5.96. The van der Waals surface area contributed by atoms with Crippen LogP contribution < -0.4 is 10.6 Å². The first-order chi connectivity index (χ1) is 8.96. The summed E-state index contributed by atoms with van der Waals surface area (Å²) in [5.74, 6) is 0. The van der Waals surface area contributed by atoms with Crippen LogP contribution in [0.5, 0.6) is 0 Å². The molecule has 1 aromatic rings.